The molecule has 1 heterocycles. The second kappa shape index (κ2) is 4.50. The number of aryl methyl sites for hydroxylation is 3. The summed E-state index contributed by atoms with van der Waals surface area (Å²) < 4.78 is 0. The van der Waals surface area contributed by atoms with Gasteiger partial charge in [-0.2, -0.15) is 0 Å². The van der Waals surface area contributed by atoms with Crippen LogP contribution in [0.2, 0.25) is 0 Å². The van der Waals surface area contributed by atoms with Crippen molar-refractivity contribution in [3.8, 4) is 0 Å². The van der Waals surface area contributed by atoms with E-state index in [1.54, 1.807) is 12.4 Å². The molecule has 2 N–H and O–H groups in total. The lowest BCUT2D eigenvalue weighted by Crippen LogP contribution is -2.14. The third-order valence-electron chi connectivity index (χ3n) is 3.60. The predicted molar refractivity (Wildman–Crippen MR) is 71.3 cm³/mol. The van der Waals surface area contributed by atoms with Gasteiger partial charge < -0.3 is 5.73 Å². The summed E-state index contributed by atoms with van der Waals surface area (Å²) in [5.74, 6) is 0. The first-order valence-electron chi connectivity index (χ1n) is 6.40. The van der Waals surface area contributed by atoms with E-state index in [2.05, 4.69) is 28.2 Å². The quantitative estimate of drug-likeness (QED) is 0.875. The number of nitrogens with zero attached hydrogens (tertiary/aromatic N) is 2. The molecule has 0 amide bonds. The fraction of sp³-hybridized carbons (Fsp3) is 0.333. The summed E-state index contributed by atoms with van der Waals surface area (Å²) in [5.41, 5.74) is 12.1. The molecule has 1 atom stereocenters. The van der Waals surface area contributed by atoms with E-state index < -0.39 is 0 Å². The van der Waals surface area contributed by atoms with Crippen molar-refractivity contribution in [2.24, 2.45) is 5.73 Å². The van der Waals surface area contributed by atoms with Crippen molar-refractivity contribution in [3.63, 3.8) is 0 Å². The number of benzene rings is 1. The van der Waals surface area contributed by atoms with Gasteiger partial charge in [0, 0.05) is 6.20 Å². The van der Waals surface area contributed by atoms with Crippen LogP contribution in [0.4, 0.5) is 0 Å². The first-order chi connectivity index (χ1) is 8.74. The molecule has 0 saturated carbocycles. The number of nitrogens with two attached hydrogens (primary N) is 1. The molecule has 0 saturated heterocycles. The van der Waals surface area contributed by atoms with E-state index in [0.717, 1.165) is 17.0 Å². The maximum Gasteiger partial charge on any atom is 0.0799 e. The second-order valence-corrected chi connectivity index (χ2v) is 4.94. The molecule has 0 aliphatic heterocycles. The number of hydrogen-bond acceptors (Lipinski definition) is 3. The van der Waals surface area contributed by atoms with Crippen LogP contribution < -0.4 is 5.73 Å². The van der Waals surface area contributed by atoms with Crippen LogP contribution in [0.5, 0.6) is 0 Å². The van der Waals surface area contributed by atoms with Crippen LogP contribution >= 0.6 is 0 Å². The average molecular weight is 239 g/mol. The van der Waals surface area contributed by atoms with Crippen molar-refractivity contribution in [3.05, 3.63) is 58.7 Å². The molecule has 0 fully saturated rings. The average Bonchev–Trinajstić information content (AvgIpc) is 2.86. The summed E-state index contributed by atoms with van der Waals surface area (Å²) in [6.45, 7) is 1.93. The molecule has 0 bridgehead atoms. The third kappa shape index (κ3) is 2.02. The summed E-state index contributed by atoms with van der Waals surface area (Å²) in [6.07, 6.45) is 7.18. The lowest BCUT2D eigenvalue weighted by atomic mass is 10.00. The minimum atomic E-state index is -0.177. The molecule has 1 aromatic carbocycles. The Morgan fingerprint density at radius 2 is 1.94 bits per heavy atom. The van der Waals surface area contributed by atoms with Crippen molar-refractivity contribution in [2.45, 2.75) is 32.2 Å². The normalized spacial score (nSPS) is 15.4. The summed E-state index contributed by atoms with van der Waals surface area (Å²) in [5, 5.41) is 0. The molecule has 1 aliphatic carbocycles. The largest absolute Gasteiger partial charge is 0.319 e. The van der Waals surface area contributed by atoms with E-state index in [0.29, 0.717) is 0 Å². The summed E-state index contributed by atoms with van der Waals surface area (Å²) in [6, 6.07) is 6.38. The van der Waals surface area contributed by atoms with Gasteiger partial charge >= 0.3 is 0 Å². The van der Waals surface area contributed by atoms with E-state index in [4.69, 9.17) is 5.73 Å². The van der Waals surface area contributed by atoms with E-state index in [-0.39, 0.29) is 6.04 Å². The van der Waals surface area contributed by atoms with Crippen molar-refractivity contribution in [2.75, 3.05) is 0 Å². The third-order valence-corrected chi connectivity index (χ3v) is 3.60. The molecule has 92 valence electrons. The van der Waals surface area contributed by atoms with Gasteiger partial charge in [-0.3, -0.25) is 9.97 Å². The summed E-state index contributed by atoms with van der Waals surface area (Å²) >= 11 is 0. The second-order valence-electron chi connectivity index (χ2n) is 4.94. The van der Waals surface area contributed by atoms with Gasteiger partial charge in [-0.1, -0.05) is 18.2 Å². The number of hydrogen-bond donors (Lipinski definition) is 1. The fourth-order valence-corrected chi connectivity index (χ4v) is 2.52. The van der Waals surface area contributed by atoms with Crippen LogP contribution in [-0.2, 0) is 12.8 Å². The van der Waals surface area contributed by atoms with Gasteiger partial charge in [0.15, 0.2) is 0 Å². The Morgan fingerprint density at radius 3 is 2.72 bits per heavy atom. The molecule has 3 nitrogen and oxygen atoms in total. The highest BCUT2D eigenvalue weighted by atomic mass is 14.8. The highest BCUT2D eigenvalue weighted by molar-refractivity contribution is 5.38. The van der Waals surface area contributed by atoms with Gasteiger partial charge in [-0.25, -0.2) is 0 Å². The molecular weight excluding hydrogens is 222 g/mol. The topological polar surface area (TPSA) is 51.8 Å². The van der Waals surface area contributed by atoms with Crippen LogP contribution in [0.3, 0.4) is 0 Å². The number of rotatable bonds is 2. The first kappa shape index (κ1) is 11.4. The fourth-order valence-electron chi connectivity index (χ4n) is 2.52. The van der Waals surface area contributed by atoms with Gasteiger partial charge in [0.1, 0.15) is 0 Å². The number of fused-ring (bicyclic) bond motifs is 1. The van der Waals surface area contributed by atoms with Gasteiger partial charge in [-0.05, 0) is 42.9 Å². The molecule has 3 rings (SSSR count). The smallest absolute Gasteiger partial charge is 0.0799 e. The monoisotopic (exact) mass is 239 g/mol. The Balaban J connectivity index is 1.92. The minimum absolute atomic E-state index is 0.177. The van der Waals surface area contributed by atoms with Crippen molar-refractivity contribution >= 4 is 0 Å². The van der Waals surface area contributed by atoms with E-state index >= 15 is 0 Å². The minimum Gasteiger partial charge on any atom is -0.319 e. The molecule has 3 heteroatoms. The zero-order valence-corrected chi connectivity index (χ0v) is 10.6. The number of aromatic nitrogens is 2. The first-order valence-corrected chi connectivity index (χ1v) is 6.40. The van der Waals surface area contributed by atoms with Gasteiger partial charge in [-0.15, -0.1) is 0 Å². The van der Waals surface area contributed by atoms with Crippen molar-refractivity contribution < 1.29 is 0 Å². The highest BCUT2D eigenvalue weighted by Crippen LogP contribution is 2.26. The lowest BCUT2D eigenvalue weighted by Gasteiger charge is -2.13. The molecular formula is C15H17N3. The van der Waals surface area contributed by atoms with Crippen LogP contribution in [0.1, 0.15) is 40.5 Å². The zero-order valence-electron chi connectivity index (χ0n) is 10.6. The molecule has 0 spiro atoms. The molecule has 2 aromatic rings. The van der Waals surface area contributed by atoms with Crippen LogP contribution in [0, 0.1) is 6.92 Å². The molecule has 18 heavy (non-hydrogen) atoms. The van der Waals surface area contributed by atoms with Crippen molar-refractivity contribution in [1.29, 1.82) is 0 Å². The Kier molecular flexibility index (Phi) is 2.84. The maximum absolute atomic E-state index is 6.26. The molecule has 1 aliphatic rings. The summed E-state index contributed by atoms with van der Waals surface area (Å²) in [4.78, 5) is 8.62. The van der Waals surface area contributed by atoms with Crippen LogP contribution in [0.15, 0.2) is 30.6 Å². The standard InChI is InChI=1S/C15H17N3/c1-10-8-18-14(9-17-10)15(16)13-6-5-11-3-2-4-12(11)7-13/h5-9,15H,2-4,16H2,1H3. The van der Waals surface area contributed by atoms with Crippen molar-refractivity contribution in [1.82, 2.24) is 9.97 Å². The Morgan fingerprint density at radius 1 is 1.11 bits per heavy atom. The van der Waals surface area contributed by atoms with Gasteiger partial charge in [0.25, 0.3) is 0 Å². The van der Waals surface area contributed by atoms with E-state index in [1.807, 2.05) is 6.92 Å². The van der Waals surface area contributed by atoms with Crippen LogP contribution in [0.25, 0.3) is 0 Å². The Bertz CT molecular complexity index is 560. The summed E-state index contributed by atoms with van der Waals surface area (Å²) in [7, 11) is 0. The maximum atomic E-state index is 6.26. The SMILES string of the molecule is Cc1cnc(C(N)c2ccc3c(c2)CCC3)cn1. The van der Waals surface area contributed by atoms with Gasteiger partial charge in [0.05, 0.1) is 23.6 Å². The van der Waals surface area contributed by atoms with Gasteiger partial charge in [0.2, 0.25) is 0 Å². The molecule has 0 radical (unpaired) electrons. The molecule has 1 aromatic heterocycles. The Labute approximate surface area is 107 Å². The highest BCUT2D eigenvalue weighted by Gasteiger charge is 2.15. The van der Waals surface area contributed by atoms with E-state index in [1.165, 1.54) is 30.4 Å². The Hall–Kier alpha value is -1.74. The zero-order chi connectivity index (χ0) is 12.5. The van der Waals surface area contributed by atoms with E-state index in [9.17, 15) is 0 Å². The van der Waals surface area contributed by atoms with Crippen LogP contribution in [-0.4, -0.2) is 9.97 Å². The molecule has 1 unspecified atom stereocenters. The lowest BCUT2D eigenvalue weighted by molar-refractivity contribution is 0.811. The predicted octanol–water partition coefficient (Wildman–Crippen LogP) is 2.32.